The van der Waals surface area contributed by atoms with Crippen LogP contribution in [0.1, 0.15) is 18.7 Å². The molecular formula is C9H16N4O2. The Morgan fingerprint density at radius 2 is 2.40 bits per heavy atom. The summed E-state index contributed by atoms with van der Waals surface area (Å²) in [5, 5.41) is 19.3. The molecule has 1 rings (SSSR count). The van der Waals surface area contributed by atoms with Gasteiger partial charge in [0.2, 0.25) is 0 Å². The number of aromatic nitrogens is 3. The van der Waals surface area contributed by atoms with E-state index in [1.165, 1.54) is 0 Å². The van der Waals surface area contributed by atoms with Crippen LogP contribution in [0.25, 0.3) is 0 Å². The van der Waals surface area contributed by atoms with Crippen LogP contribution < -0.4 is 5.32 Å². The molecule has 0 unspecified atom stereocenters. The monoisotopic (exact) mass is 212 g/mol. The number of rotatable bonds is 7. The number of aryl methyl sites for hydroxylation is 1. The summed E-state index contributed by atoms with van der Waals surface area (Å²) in [6.45, 7) is 1.52. The molecule has 0 atom stereocenters. The molecule has 1 aromatic heterocycles. The first kappa shape index (κ1) is 11.6. The summed E-state index contributed by atoms with van der Waals surface area (Å²) in [4.78, 5) is 10.2. The second-order valence-corrected chi connectivity index (χ2v) is 3.36. The Kier molecular flexibility index (Phi) is 4.76. The molecule has 0 spiro atoms. The van der Waals surface area contributed by atoms with E-state index in [0.29, 0.717) is 6.42 Å². The molecule has 0 aromatic carbocycles. The summed E-state index contributed by atoms with van der Waals surface area (Å²) < 4.78 is 1.87. The van der Waals surface area contributed by atoms with Gasteiger partial charge in [0, 0.05) is 26.4 Å². The Balaban J connectivity index is 2.03. The third-order valence-electron chi connectivity index (χ3n) is 2.07. The van der Waals surface area contributed by atoms with Gasteiger partial charge in [-0.05, 0) is 13.0 Å². The SMILES string of the molecule is Cn1cnnc1CCNCCCC(=O)O. The minimum Gasteiger partial charge on any atom is -0.481 e. The lowest BCUT2D eigenvalue weighted by Gasteiger charge is -2.02. The van der Waals surface area contributed by atoms with Gasteiger partial charge in [-0.15, -0.1) is 10.2 Å². The van der Waals surface area contributed by atoms with Crippen LogP contribution in [0.4, 0.5) is 0 Å². The Morgan fingerprint density at radius 3 is 3.00 bits per heavy atom. The summed E-state index contributed by atoms with van der Waals surface area (Å²) >= 11 is 0. The maximum Gasteiger partial charge on any atom is 0.303 e. The zero-order valence-corrected chi connectivity index (χ0v) is 8.81. The second kappa shape index (κ2) is 6.13. The van der Waals surface area contributed by atoms with Crippen molar-refractivity contribution in [2.24, 2.45) is 7.05 Å². The van der Waals surface area contributed by atoms with Crippen molar-refractivity contribution in [1.29, 1.82) is 0 Å². The zero-order valence-electron chi connectivity index (χ0n) is 8.81. The van der Waals surface area contributed by atoms with Crippen LogP contribution in [0.15, 0.2) is 6.33 Å². The number of hydrogen-bond acceptors (Lipinski definition) is 4. The lowest BCUT2D eigenvalue weighted by atomic mass is 10.3. The Hall–Kier alpha value is -1.43. The molecule has 2 N–H and O–H groups in total. The molecule has 0 aliphatic heterocycles. The van der Waals surface area contributed by atoms with Crippen molar-refractivity contribution in [2.75, 3.05) is 13.1 Å². The summed E-state index contributed by atoms with van der Waals surface area (Å²) in [7, 11) is 1.90. The van der Waals surface area contributed by atoms with E-state index in [0.717, 1.165) is 25.3 Å². The van der Waals surface area contributed by atoms with E-state index < -0.39 is 5.97 Å². The maximum atomic E-state index is 10.2. The van der Waals surface area contributed by atoms with Crippen LogP contribution in [-0.4, -0.2) is 38.9 Å². The van der Waals surface area contributed by atoms with Crippen LogP contribution >= 0.6 is 0 Å². The van der Waals surface area contributed by atoms with Gasteiger partial charge in [-0.2, -0.15) is 0 Å². The van der Waals surface area contributed by atoms with Gasteiger partial charge in [0.25, 0.3) is 0 Å². The Bertz CT molecular complexity index is 311. The lowest BCUT2D eigenvalue weighted by molar-refractivity contribution is -0.137. The van der Waals surface area contributed by atoms with E-state index in [-0.39, 0.29) is 6.42 Å². The number of aliphatic carboxylic acids is 1. The van der Waals surface area contributed by atoms with E-state index in [9.17, 15) is 4.79 Å². The first-order valence-electron chi connectivity index (χ1n) is 4.95. The summed E-state index contributed by atoms with van der Waals surface area (Å²) in [5.41, 5.74) is 0. The van der Waals surface area contributed by atoms with E-state index in [1.54, 1.807) is 6.33 Å². The molecule has 0 bridgehead atoms. The van der Waals surface area contributed by atoms with E-state index in [1.807, 2.05) is 11.6 Å². The van der Waals surface area contributed by atoms with Crippen molar-refractivity contribution in [1.82, 2.24) is 20.1 Å². The topological polar surface area (TPSA) is 80.0 Å². The maximum absolute atomic E-state index is 10.2. The number of hydrogen-bond donors (Lipinski definition) is 2. The second-order valence-electron chi connectivity index (χ2n) is 3.36. The minimum atomic E-state index is -0.745. The molecular weight excluding hydrogens is 196 g/mol. The molecule has 1 heterocycles. The molecule has 0 fully saturated rings. The molecule has 6 nitrogen and oxygen atoms in total. The van der Waals surface area contributed by atoms with E-state index in [2.05, 4.69) is 15.5 Å². The highest BCUT2D eigenvalue weighted by atomic mass is 16.4. The first-order valence-corrected chi connectivity index (χ1v) is 4.95. The van der Waals surface area contributed by atoms with Crippen LogP contribution in [-0.2, 0) is 18.3 Å². The van der Waals surface area contributed by atoms with Crippen LogP contribution in [0.5, 0.6) is 0 Å². The molecule has 6 heteroatoms. The van der Waals surface area contributed by atoms with Gasteiger partial charge in [0.05, 0.1) is 0 Å². The molecule has 1 aromatic rings. The van der Waals surface area contributed by atoms with Crippen molar-refractivity contribution in [3.8, 4) is 0 Å². The molecule has 0 aliphatic rings. The van der Waals surface area contributed by atoms with Gasteiger partial charge in [-0.1, -0.05) is 0 Å². The molecule has 0 aliphatic carbocycles. The van der Waals surface area contributed by atoms with Crippen molar-refractivity contribution in [3.05, 3.63) is 12.2 Å². The van der Waals surface area contributed by atoms with Gasteiger partial charge in [-0.3, -0.25) is 4.79 Å². The summed E-state index contributed by atoms with van der Waals surface area (Å²) in [6.07, 6.45) is 3.36. The fourth-order valence-corrected chi connectivity index (χ4v) is 1.22. The highest BCUT2D eigenvalue weighted by Crippen LogP contribution is 1.91. The van der Waals surface area contributed by atoms with Gasteiger partial charge in [0.1, 0.15) is 12.2 Å². The zero-order chi connectivity index (χ0) is 11.1. The quantitative estimate of drug-likeness (QED) is 0.612. The number of nitrogens with one attached hydrogen (secondary N) is 1. The van der Waals surface area contributed by atoms with Crippen LogP contribution in [0.2, 0.25) is 0 Å². The third-order valence-corrected chi connectivity index (χ3v) is 2.07. The van der Waals surface area contributed by atoms with E-state index >= 15 is 0 Å². The molecule has 0 radical (unpaired) electrons. The highest BCUT2D eigenvalue weighted by Gasteiger charge is 1.99. The average Bonchev–Trinajstić information content (AvgIpc) is 2.57. The minimum absolute atomic E-state index is 0.219. The van der Waals surface area contributed by atoms with Crippen molar-refractivity contribution >= 4 is 5.97 Å². The molecule has 0 saturated heterocycles. The van der Waals surface area contributed by atoms with Gasteiger partial charge in [0.15, 0.2) is 0 Å². The predicted octanol–water partition coefficient (Wildman–Crippen LogP) is -0.188. The van der Waals surface area contributed by atoms with Gasteiger partial charge >= 0.3 is 5.97 Å². The molecule has 0 saturated carbocycles. The molecule has 84 valence electrons. The summed E-state index contributed by atoms with van der Waals surface area (Å²) in [5.74, 6) is 0.186. The number of carboxylic acids is 1. The van der Waals surface area contributed by atoms with Crippen molar-refractivity contribution in [2.45, 2.75) is 19.3 Å². The normalized spacial score (nSPS) is 10.5. The molecule has 0 amide bonds. The van der Waals surface area contributed by atoms with Gasteiger partial charge in [-0.25, -0.2) is 0 Å². The fraction of sp³-hybridized carbons (Fsp3) is 0.667. The fourth-order valence-electron chi connectivity index (χ4n) is 1.22. The smallest absolute Gasteiger partial charge is 0.303 e. The first-order chi connectivity index (χ1) is 7.20. The lowest BCUT2D eigenvalue weighted by Crippen LogP contribution is -2.20. The predicted molar refractivity (Wildman–Crippen MR) is 54.4 cm³/mol. The van der Waals surface area contributed by atoms with Crippen molar-refractivity contribution in [3.63, 3.8) is 0 Å². The number of carboxylic acid groups (broad SMARTS) is 1. The largest absolute Gasteiger partial charge is 0.481 e. The third kappa shape index (κ3) is 4.55. The molecule has 15 heavy (non-hydrogen) atoms. The Morgan fingerprint density at radius 1 is 1.60 bits per heavy atom. The number of nitrogens with zero attached hydrogens (tertiary/aromatic N) is 3. The summed E-state index contributed by atoms with van der Waals surface area (Å²) in [6, 6.07) is 0. The van der Waals surface area contributed by atoms with Crippen LogP contribution in [0, 0.1) is 0 Å². The van der Waals surface area contributed by atoms with Gasteiger partial charge < -0.3 is 15.0 Å². The van der Waals surface area contributed by atoms with Crippen molar-refractivity contribution < 1.29 is 9.90 Å². The Labute approximate surface area is 88.3 Å². The number of carbonyl (C=O) groups is 1. The van der Waals surface area contributed by atoms with E-state index in [4.69, 9.17) is 5.11 Å². The van der Waals surface area contributed by atoms with Crippen LogP contribution in [0.3, 0.4) is 0 Å². The standard InChI is InChI=1S/C9H16N4O2/c1-13-7-11-12-8(13)4-6-10-5-2-3-9(14)15/h7,10H,2-6H2,1H3,(H,14,15). The highest BCUT2D eigenvalue weighted by molar-refractivity contribution is 5.66. The average molecular weight is 212 g/mol.